The van der Waals surface area contributed by atoms with E-state index in [4.69, 9.17) is 19.1 Å². The molecule has 1 saturated heterocycles. The highest BCUT2D eigenvalue weighted by Crippen LogP contribution is 2.39. The van der Waals surface area contributed by atoms with E-state index >= 15 is 0 Å². The number of hydrogen-bond acceptors (Lipinski definition) is 9. The van der Waals surface area contributed by atoms with Crippen LogP contribution in [0.1, 0.15) is 16.1 Å². The van der Waals surface area contributed by atoms with Crippen LogP contribution in [-0.2, 0) is 4.74 Å². The van der Waals surface area contributed by atoms with Crippen LogP contribution in [0, 0.1) is 6.92 Å². The number of rotatable bonds is 5. The van der Waals surface area contributed by atoms with Gasteiger partial charge in [0.05, 0.1) is 29.6 Å². The number of amides is 1. The fourth-order valence-electron chi connectivity index (χ4n) is 4.20. The molecule has 5 aromatic rings. The van der Waals surface area contributed by atoms with E-state index in [0.29, 0.717) is 24.7 Å². The average Bonchev–Trinajstić information content (AvgIpc) is 3.61. The fraction of sp³-hybridized carbons (Fsp3) is 0.192. The topological polar surface area (TPSA) is 106 Å². The van der Waals surface area contributed by atoms with Crippen LogP contribution in [0.5, 0.6) is 0 Å². The maximum atomic E-state index is 12.5. The number of hydrogen-bond donors (Lipinski definition) is 1. The smallest absolute Gasteiger partial charge is 0.293 e. The van der Waals surface area contributed by atoms with Gasteiger partial charge in [0, 0.05) is 47.2 Å². The van der Waals surface area contributed by atoms with Crippen molar-refractivity contribution in [2.24, 2.45) is 0 Å². The van der Waals surface area contributed by atoms with Crippen molar-refractivity contribution in [3.8, 4) is 21.8 Å². The highest BCUT2D eigenvalue weighted by molar-refractivity contribution is 7.22. The van der Waals surface area contributed by atoms with Gasteiger partial charge in [0.1, 0.15) is 0 Å². The number of carbonyl (C=O) groups is 1. The molecule has 1 aliphatic heterocycles. The van der Waals surface area contributed by atoms with Crippen LogP contribution in [0.2, 0.25) is 0 Å². The molecule has 0 bridgehead atoms. The second kappa shape index (κ2) is 9.48. The van der Waals surface area contributed by atoms with Gasteiger partial charge >= 0.3 is 0 Å². The number of oxazole rings is 1. The van der Waals surface area contributed by atoms with Crippen molar-refractivity contribution in [2.75, 3.05) is 36.5 Å². The lowest BCUT2D eigenvalue weighted by Crippen LogP contribution is -2.36. The van der Waals surface area contributed by atoms with Gasteiger partial charge < -0.3 is 19.4 Å². The van der Waals surface area contributed by atoms with Crippen LogP contribution < -0.4 is 10.2 Å². The Morgan fingerprint density at radius 2 is 1.97 bits per heavy atom. The molecule has 6 rings (SSSR count). The first-order valence-electron chi connectivity index (χ1n) is 11.5. The number of morpholine rings is 1. The standard InChI is InChI=1S/C26H22N6O3S/c1-16-18(5-2-6-19(16)30-26(33)21-14-28-15-35-21)24-29-20-12-22(17-4-3-7-27-13-17)36-23(20)25(31-24)32-8-10-34-11-9-32/h2-7,12-15H,8-11H2,1H3,(H,30,33). The number of pyridine rings is 1. The van der Waals surface area contributed by atoms with Crippen molar-refractivity contribution in [3.63, 3.8) is 0 Å². The Balaban J connectivity index is 1.45. The molecule has 1 aliphatic rings. The summed E-state index contributed by atoms with van der Waals surface area (Å²) in [6.07, 6.45) is 6.24. The van der Waals surface area contributed by atoms with Gasteiger partial charge in [-0.25, -0.2) is 15.0 Å². The second-order valence-corrected chi connectivity index (χ2v) is 9.39. The number of fused-ring (bicyclic) bond motifs is 1. The molecule has 1 N–H and O–H groups in total. The van der Waals surface area contributed by atoms with Crippen molar-refractivity contribution in [1.82, 2.24) is 19.9 Å². The highest BCUT2D eigenvalue weighted by Gasteiger charge is 2.22. The molecule has 180 valence electrons. The molecular formula is C26H22N6O3S. The zero-order valence-corrected chi connectivity index (χ0v) is 20.3. The van der Waals surface area contributed by atoms with E-state index in [0.717, 1.165) is 50.7 Å². The van der Waals surface area contributed by atoms with Crippen molar-refractivity contribution >= 4 is 39.0 Å². The molecule has 0 aliphatic carbocycles. The van der Waals surface area contributed by atoms with Crippen molar-refractivity contribution in [1.29, 1.82) is 0 Å². The van der Waals surface area contributed by atoms with Crippen molar-refractivity contribution in [3.05, 3.63) is 72.7 Å². The van der Waals surface area contributed by atoms with Gasteiger partial charge in [-0.3, -0.25) is 9.78 Å². The van der Waals surface area contributed by atoms with Gasteiger partial charge in [0.2, 0.25) is 5.76 Å². The van der Waals surface area contributed by atoms with E-state index < -0.39 is 0 Å². The third kappa shape index (κ3) is 4.21. The lowest BCUT2D eigenvalue weighted by Gasteiger charge is -2.28. The Labute approximate surface area is 210 Å². The molecule has 4 aromatic heterocycles. The van der Waals surface area contributed by atoms with Crippen LogP contribution in [0.25, 0.3) is 32.0 Å². The minimum absolute atomic E-state index is 0.147. The Kier molecular flexibility index (Phi) is 5.88. The zero-order chi connectivity index (χ0) is 24.5. The minimum atomic E-state index is -0.364. The summed E-state index contributed by atoms with van der Waals surface area (Å²) in [6.45, 7) is 4.78. The number of nitrogens with one attached hydrogen (secondary N) is 1. The molecule has 1 aromatic carbocycles. The van der Waals surface area contributed by atoms with E-state index in [9.17, 15) is 4.79 Å². The summed E-state index contributed by atoms with van der Waals surface area (Å²) in [5, 5.41) is 2.90. The number of thiophene rings is 1. The fourth-order valence-corrected chi connectivity index (χ4v) is 5.30. The maximum absolute atomic E-state index is 12.5. The maximum Gasteiger partial charge on any atom is 0.293 e. The molecule has 0 radical (unpaired) electrons. The Bertz CT molecular complexity index is 1530. The molecule has 1 fully saturated rings. The zero-order valence-electron chi connectivity index (χ0n) is 19.5. The predicted molar refractivity (Wildman–Crippen MR) is 138 cm³/mol. The minimum Gasteiger partial charge on any atom is -0.438 e. The van der Waals surface area contributed by atoms with Crippen molar-refractivity contribution in [2.45, 2.75) is 6.92 Å². The molecule has 10 heteroatoms. The lowest BCUT2D eigenvalue weighted by atomic mass is 10.1. The normalized spacial score (nSPS) is 13.8. The summed E-state index contributed by atoms with van der Waals surface area (Å²) >= 11 is 1.67. The number of nitrogens with zero attached hydrogens (tertiary/aromatic N) is 5. The van der Waals surface area contributed by atoms with E-state index in [1.165, 1.54) is 12.6 Å². The van der Waals surface area contributed by atoms with Gasteiger partial charge in [-0.1, -0.05) is 18.2 Å². The highest BCUT2D eigenvalue weighted by atomic mass is 32.1. The molecule has 0 saturated carbocycles. The Morgan fingerprint density at radius 1 is 1.08 bits per heavy atom. The average molecular weight is 499 g/mol. The number of benzene rings is 1. The van der Waals surface area contributed by atoms with Gasteiger partial charge in [-0.05, 0) is 30.7 Å². The van der Waals surface area contributed by atoms with Gasteiger partial charge in [0.25, 0.3) is 5.91 Å². The summed E-state index contributed by atoms with van der Waals surface area (Å²) in [4.78, 5) is 34.0. The molecule has 1 amide bonds. The van der Waals surface area contributed by atoms with Crippen LogP contribution in [0.15, 0.2) is 65.8 Å². The van der Waals surface area contributed by atoms with Gasteiger partial charge in [-0.15, -0.1) is 11.3 Å². The first-order valence-corrected chi connectivity index (χ1v) is 12.3. The molecule has 9 nitrogen and oxygen atoms in total. The Morgan fingerprint density at radius 3 is 2.75 bits per heavy atom. The quantitative estimate of drug-likeness (QED) is 0.368. The van der Waals surface area contributed by atoms with E-state index in [1.807, 2.05) is 43.5 Å². The third-order valence-electron chi connectivity index (χ3n) is 6.09. The number of carbonyl (C=O) groups excluding carboxylic acids is 1. The molecule has 0 atom stereocenters. The molecule has 0 spiro atoms. The first kappa shape index (κ1) is 22.3. The van der Waals surface area contributed by atoms with E-state index in [1.54, 1.807) is 17.5 Å². The predicted octanol–water partition coefficient (Wildman–Crippen LogP) is 4.81. The van der Waals surface area contributed by atoms with E-state index in [2.05, 4.69) is 26.3 Å². The van der Waals surface area contributed by atoms with Crippen LogP contribution >= 0.6 is 11.3 Å². The molecular weight excluding hydrogens is 476 g/mol. The summed E-state index contributed by atoms with van der Waals surface area (Å²) in [6, 6.07) is 11.8. The number of ether oxygens (including phenoxy) is 1. The second-order valence-electron chi connectivity index (χ2n) is 8.33. The van der Waals surface area contributed by atoms with Crippen molar-refractivity contribution < 1.29 is 13.9 Å². The van der Waals surface area contributed by atoms with Gasteiger partial charge in [0.15, 0.2) is 18.0 Å². The van der Waals surface area contributed by atoms with Gasteiger partial charge in [-0.2, -0.15) is 0 Å². The van der Waals surface area contributed by atoms with Crippen LogP contribution in [0.3, 0.4) is 0 Å². The third-order valence-corrected chi connectivity index (χ3v) is 7.26. The Hall–Kier alpha value is -4.15. The van der Waals surface area contributed by atoms with Crippen LogP contribution in [-0.4, -0.2) is 52.1 Å². The number of aromatic nitrogens is 4. The number of anilines is 2. The van der Waals surface area contributed by atoms with E-state index in [-0.39, 0.29) is 11.7 Å². The first-order chi connectivity index (χ1) is 17.7. The summed E-state index contributed by atoms with van der Waals surface area (Å²) < 4.78 is 11.7. The summed E-state index contributed by atoms with van der Waals surface area (Å²) in [5.41, 5.74) is 4.28. The SMILES string of the molecule is Cc1c(NC(=O)c2cnco2)cccc1-c1nc(N2CCOCC2)c2sc(-c3cccnc3)cc2n1. The largest absolute Gasteiger partial charge is 0.438 e. The monoisotopic (exact) mass is 498 g/mol. The van der Waals surface area contributed by atoms with Crippen LogP contribution in [0.4, 0.5) is 11.5 Å². The lowest BCUT2D eigenvalue weighted by molar-refractivity contribution is 0.0996. The summed E-state index contributed by atoms with van der Waals surface area (Å²) in [5.74, 6) is 1.28. The molecule has 36 heavy (non-hydrogen) atoms. The molecule has 0 unspecified atom stereocenters. The summed E-state index contributed by atoms with van der Waals surface area (Å²) in [7, 11) is 0. The molecule has 5 heterocycles.